The Labute approximate surface area is 106 Å². The van der Waals surface area contributed by atoms with E-state index in [1.807, 2.05) is 17.5 Å². The van der Waals surface area contributed by atoms with Crippen LogP contribution in [0.5, 0.6) is 0 Å². The van der Waals surface area contributed by atoms with Gasteiger partial charge in [0.1, 0.15) is 5.82 Å². The highest BCUT2D eigenvalue weighted by atomic mass is 15.3. The first-order valence-electron chi connectivity index (χ1n) is 6.56. The van der Waals surface area contributed by atoms with Crippen molar-refractivity contribution in [3.8, 4) is 0 Å². The zero-order valence-electron chi connectivity index (χ0n) is 10.6. The number of aromatic nitrogens is 3. The van der Waals surface area contributed by atoms with E-state index in [-0.39, 0.29) is 0 Å². The Morgan fingerprint density at radius 3 is 2.89 bits per heavy atom. The second kappa shape index (κ2) is 4.57. The van der Waals surface area contributed by atoms with Crippen LogP contribution in [-0.2, 0) is 0 Å². The van der Waals surface area contributed by atoms with Gasteiger partial charge < -0.3 is 11.1 Å². The van der Waals surface area contributed by atoms with Gasteiger partial charge in [-0.15, -0.1) is 0 Å². The lowest BCUT2D eigenvalue weighted by atomic mass is 9.92. The molecular weight excluding hydrogens is 226 g/mol. The Hall–Kier alpha value is -1.62. The second-order valence-corrected chi connectivity index (χ2v) is 5.14. The number of anilines is 1. The molecule has 0 saturated heterocycles. The quantitative estimate of drug-likeness (QED) is 0.845. The number of aryl methyl sites for hydroxylation is 1. The number of fused-ring (bicyclic) bond motifs is 1. The van der Waals surface area contributed by atoms with Crippen molar-refractivity contribution in [2.45, 2.75) is 44.7 Å². The Kier molecular flexibility index (Phi) is 2.91. The normalized spacial score (nSPS) is 24.3. The number of nitrogens with zero attached hydrogens (tertiary/aromatic N) is 3. The maximum absolute atomic E-state index is 5.93. The summed E-state index contributed by atoms with van der Waals surface area (Å²) in [6.07, 6.45) is 6.24. The number of nitrogens with two attached hydrogens (primary N) is 1. The molecule has 2 aromatic heterocycles. The molecule has 5 nitrogen and oxygen atoms in total. The van der Waals surface area contributed by atoms with Crippen molar-refractivity contribution in [3.63, 3.8) is 0 Å². The lowest BCUT2D eigenvalue weighted by Gasteiger charge is -2.27. The van der Waals surface area contributed by atoms with Crippen LogP contribution in [0.3, 0.4) is 0 Å². The molecule has 2 heterocycles. The summed E-state index contributed by atoms with van der Waals surface area (Å²) >= 11 is 0. The van der Waals surface area contributed by atoms with Crippen LogP contribution < -0.4 is 11.1 Å². The summed E-state index contributed by atoms with van der Waals surface area (Å²) in [6.45, 7) is 2.01. The van der Waals surface area contributed by atoms with Gasteiger partial charge in [0, 0.05) is 29.9 Å². The average Bonchev–Trinajstić information content (AvgIpc) is 2.80. The summed E-state index contributed by atoms with van der Waals surface area (Å²) in [5.74, 6) is 1.03. The van der Waals surface area contributed by atoms with Gasteiger partial charge in [-0.25, -0.2) is 4.98 Å². The van der Waals surface area contributed by atoms with Gasteiger partial charge in [0.15, 0.2) is 5.65 Å². The van der Waals surface area contributed by atoms with Crippen LogP contribution in [-0.4, -0.2) is 26.7 Å². The molecule has 1 aliphatic carbocycles. The highest BCUT2D eigenvalue weighted by Gasteiger charge is 2.19. The maximum atomic E-state index is 5.93. The van der Waals surface area contributed by atoms with Crippen LogP contribution in [0.15, 0.2) is 18.3 Å². The first-order valence-corrected chi connectivity index (χ1v) is 6.56. The molecule has 18 heavy (non-hydrogen) atoms. The van der Waals surface area contributed by atoms with Crippen molar-refractivity contribution in [2.75, 3.05) is 5.32 Å². The van der Waals surface area contributed by atoms with Crippen molar-refractivity contribution in [1.82, 2.24) is 14.6 Å². The van der Waals surface area contributed by atoms with E-state index < -0.39 is 0 Å². The summed E-state index contributed by atoms with van der Waals surface area (Å²) < 4.78 is 1.86. The van der Waals surface area contributed by atoms with E-state index >= 15 is 0 Å². The molecule has 0 atom stereocenters. The highest BCUT2D eigenvalue weighted by Crippen LogP contribution is 2.21. The monoisotopic (exact) mass is 245 g/mol. The van der Waals surface area contributed by atoms with Crippen molar-refractivity contribution < 1.29 is 0 Å². The number of hydrogen-bond donors (Lipinski definition) is 2. The Balaban J connectivity index is 1.83. The molecule has 0 unspecified atom stereocenters. The number of hydrogen-bond acceptors (Lipinski definition) is 4. The van der Waals surface area contributed by atoms with Crippen LogP contribution in [0.1, 0.15) is 31.4 Å². The molecule has 3 N–H and O–H groups in total. The van der Waals surface area contributed by atoms with E-state index in [0.29, 0.717) is 12.1 Å². The Bertz CT molecular complexity index is 539. The smallest absolute Gasteiger partial charge is 0.157 e. The first kappa shape index (κ1) is 11.5. The molecule has 1 fully saturated rings. The lowest BCUT2D eigenvalue weighted by molar-refractivity contribution is 0.410. The third-order valence-corrected chi connectivity index (χ3v) is 3.61. The van der Waals surface area contributed by atoms with Crippen LogP contribution in [0.25, 0.3) is 5.65 Å². The summed E-state index contributed by atoms with van der Waals surface area (Å²) in [6, 6.07) is 4.86. The SMILES string of the molecule is Cc1cc(NC2CCC(N)CC2)n2nccc2n1. The summed E-state index contributed by atoms with van der Waals surface area (Å²) in [4.78, 5) is 4.44. The number of rotatable bonds is 2. The van der Waals surface area contributed by atoms with Crippen LogP contribution in [0.2, 0.25) is 0 Å². The zero-order chi connectivity index (χ0) is 12.5. The molecule has 0 amide bonds. The largest absolute Gasteiger partial charge is 0.367 e. The topological polar surface area (TPSA) is 68.2 Å². The van der Waals surface area contributed by atoms with Crippen molar-refractivity contribution in [2.24, 2.45) is 5.73 Å². The van der Waals surface area contributed by atoms with Gasteiger partial charge in [-0.3, -0.25) is 0 Å². The summed E-state index contributed by atoms with van der Waals surface area (Å²) in [7, 11) is 0. The molecule has 0 radical (unpaired) electrons. The molecule has 3 rings (SSSR count). The third-order valence-electron chi connectivity index (χ3n) is 3.61. The fourth-order valence-corrected chi connectivity index (χ4v) is 2.61. The Morgan fingerprint density at radius 1 is 1.33 bits per heavy atom. The fraction of sp³-hybridized carbons (Fsp3) is 0.538. The predicted molar refractivity (Wildman–Crippen MR) is 71.6 cm³/mol. The highest BCUT2D eigenvalue weighted by molar-refractivity contribution is 5.49. The molecule has 1 aliphatic rings. The van der Waals surface area contributed by atoms with Crippen molar-refractivity contribution >= 4 is 11.5 Å². The van der Waals surface area contributed by atoms with E-state index in [9.17, 15) is 0 Å². The van der Waals surface area contributed by atoms with Gasteiger partial charge in [-0.2, -0.15) is 9.61 Å². The molecule has 1 saturated carbocycles. The van der Waals surface area contributed by atoms with Gasteiger partial charge >= 0.3 is 0 Å². The molecule has 0 aromatic carbocycles. The van der Waals surface area contributed by atoms with Gasteiger partial charge in [0.25, 0.3) is 0 Å². The predicted octanol–water partition coefficient (Wildman–Crippen LogP) is 1.72. The molecule has 0 aliphatic heterocycles. The minimum Gasteiger partial charge on any atom is -0.367 e. The van der Waals surface area contributed by atoms with E-state index in [2.05, 4.69) is 21.5 Å². The van der Waals surface area contributed by atoms with Gasteiger partial charge in [0.05, 0.1) is 6.20 Å². The molecular formula is C13H19N5. The van der Waals surface area contributed by atoms with Gasteiger partial charge in [-0.05, 0) is 32.6 Å². The van der Waals surface area contributed by atoms with Crippen molar-refractivity contribution in [3.05, 3.63) is 24.0 Å². The molecule has 96 valence electrons. The number of nitrogens with one attached hydrogen (secondary N) is 1. The minimum absolute atomic E-state index is 0.381. The molecule has 2 aromatic rings. The van der Waals surface area contributed by atoms with Crippen LogP contribution in [0.4, 0.5) is 5.82 Å². The zero-order valence-corrected chi connectivity index (χ0v) is 10.6. The van der Waals surface area contributed by atoms with E-state index in [0.717, 1.165) is 42.8 Å². The third kappa shape index (κ3) is 2.18. The van der Waals surface area contributed by atoms with Crippen molar-refractivity contribution in [1.29, 1.82) is 0 Å². The first-order chi connectivity index (χ1) is 8.72. The molecule has 0 bridgehead atoms. The standard InChI is InChI=1S/C13H19N5/c1-9-8-13(18-12(16-9)6-7-15-18)17-11-4-2-10(14)3-5-11/h6-8,10-11,17H,2-5,14H2,1H3. The van der Waals surface area contributed by atoms with E-state index in [1.54, 1.807) is 6.20 Å². The van der Waals surface area contributed by atoms with E-state index in [4.69, 9.17) is 5.73 Å². The van der Waals surface area contributed by atoms with E-state index in [1.165, 1.54) is 0 Å². The van der Waals surface area contributed by atoms with Gasteiger partial charge in [0.2, 0.25) is 0 Å². The van der Waals surface area contributed by atoms with Crippen LogP contribution in [0, 0.1) is 6.92 Å². The molecule has 0 spiro atoms. The fourth-order valence-electron chi connectivity index (χ4n) is 2.61. The average molecular weight is 245 g/mol. The summed E-state index contributed by atoms with van der Waals surface area (Å²) in [5, 5.41) is 7.88. The maximum Gasteiger partial charge on any atom is 0.157 e. The molecule has 5 heteroatoms. The second-order valence-electron chi connectivity index (χ2n) is 5.14. The minimum atomic E-state index is 0.381. The van der Waals surface area contributed by atoms with Crippen LogP contribution >= 0.6 is 0 Å². The summed E-state index contributed by atoms with van der Waals surface area (Å²) in [5.41, 5.74) is 7.84. The van der Waals surface area contributed by atoms with Gasteiger partial charge in [-0.1, -0.05) is 0 Å². The lowest BCUT2D eigenvalue weighted by Crippen LogP contribution is -2.33. The Morgan fingerprint density at radius 2 is 2.11 bits per heavy atom.